The third kappa shape index (κ3) is 2.22. The molecule has 3 heterocycles. The summed E-state index contributed by atoms with van der Waals surface area (Å²) in [6.45, 7) is 1.90. The van der Waals surface area contributed by atoms with Crippen molar-refractivity contribution in [1.29, 1.82) is 0 Å². The van der Waals surface area contributed by atoms with Gasteiger partial charge in [-0.2, -0.15) is 0 Å². The molecule has 96 valence electrons. The lowest BCUT2D eigenvalue weighted by Crippen LogP contribution is -2.27. The number of carbonyl (C=O) groups excluding carboxylic acids is 1. The summed E-state index contributed by atoms with van der Waals surface area (Å²) in [5.74, 6) is 0.635. The fraction of sp³-hybridized carbons (Fsp3) is 0.154. The summed E-state index contributed by atoms with van der Waals surface area (Å²) in [6.07, 6.45) is 1.89. The third-order valence-corrected chi connectivity index (χ3v) is 3.69. The molecule has 0 radical (unpaired) electrons. The summed E-state index contributed by atoms with van der Waals surface area (Å²) in [7, 11) is 0. The standard InChI is InChI=1S/C13H12N4OS/c1-9(14-13(18)10-5-4-8-19-10)12-16-15-11-6-2-3-7-17(11)12/h2-9H,1H3,(H,14,18). The highest BCUT2D eigenvalue weighted by Gasteiger charge is 2.16. The van der Waals surface area contributed by atoms with Crippen LogP contribution in [0.4, 0.5) is 0 Å². The maximum Gasteiger partial charge on any atom is 0.261 e. The first-order valence-electron chi connectivity index (χ1n) is 5.90. The predicted octanol–water partition coefficient (Wildman–Crippen LogP) is 2.28. The van der Waals surface area contributed by atoms with Gasteiger partial charge in [0.05, 0.1) is 10.9 Å². The average molecular weight is 272 g/mol. The van der Waals surface area contributed by atoms with Gasteiger partial charge in [-0.05, 0) is 30.5 Å². The van der Waals surface area contributed by atoms with Gasteiger partial charge in [-0.15, -0.1) is 21.5 Å². The van der Waals surface area contributed by atoms with Gasteiger partial charge in [0.2, 0.25) is 0 Å². The smallest absolute Gasteiger partial charge is 0.261 e. The lowest BCUT2D eigenvalue weighted by atomic mass is 10.3. The molecule has 1 atom stereocenters. The molecule has 0 aliphatic carbocycles. The zero-order valence-corrected chi connectivity index (χ0v) is 11.1. The van der Waals surface area contributed by atoms with Crippen molar-refractivity contribution in [2.24, 2.45) is 0 Å². The van der Waals surface area contributed by atoms with Crippen molar-refractivity contribution in [3.8, 4) is 0 Å². The Bertz CT molecular complexity index is 704. The number of thiophene rings is 1. The third-order valence-electron chi connectivity index (χ3n) is 2.82. The van der Waals surface area contributed by atoms with Crippen LogP contribution in [-0.2, 0) is 0 Å². The van der Waals surface area contributed by atoms with E-state index in [1.165, 1.54) is 11.3 Å². The molecule has 0 aliphatic heterocycles. The minimum absolute atomic E-state index is 0.0878. The van der Waals surface area contributed by atoms with Crippen molar-refractivity contribution >= 4 is 22.9 Å². The summed E-state index contributed by atoms with van der Waals surface area (Å²) in [4.78, 5) is 12.7. The Balaban J connectivity index is 1.84. The van der Waals surface area contributed by atoms with Gasteiger partial charge in [-0.1, -0.05) is 12.1 Å². The zero-order valence-electron chi connectivity index (χ0n) is 10.3. The molecular formula is C13H12N4OS. The van der Waals surface area contributed by atoms with E-state index in [9.17, 15) is 4.79 Å². The zero-order chi connectivity index (χ0) is 13.2. The van der Waals surface area contributed by atoms with Gasteiger partial charge < -0.3 is 5.32 Å². The van der Waals surface area contributed by atoms with E-state index in [1.807, 2.05) is 47.2 Å². The number of carbonyl (C=O) groups is 1. The molecule has 0 bridgehead atoms. The van der Waals surface area contributed by atoms with Gasteiger partial charge in [-0.25, -0.2) is 0 Å². The van der Waals surface area contributed by atoms with Crippen LogP contribution in [0, 0.1) is 0 Å². The monoisotopic (exact) mass is 272 g/mol. The van der Waals surface area contributed by atoms with E-state index in [1.54, 1.807) is 6.07 Å². The van der Waals surface area contributed by atoms with Crippen LogP contribution in [0.1, 0.15) is 28.5 Å². The summed E-state index contributed by atoms with van der Waals surface area (Å²) in [5, 5.41) is 13.0. The number of hydrogen-bond acceptors (Lipinski definition) is 4. The maximum atomic E-state index is 12.0. The minimum atomic E-state index is -0.202. The van der Waals surface area contributed by atoms with Crippen molar-refractivity contribution < 1.29 is 4.79 Å². The molecule has 3 aromatic heterocycles. The molecule has 0 fully saturated rings. The molecule has 5 nitrogen and oxygen atoms in total. The summed E-state index contributed by atoms with van der Waals surface area (Å²) in [5.41, 5.74) is 0.773. The topological polar surface area (TPSA) is 59.3 Å². The molecule has 19 heavy (non-hydrogen) atoms. The fourth-order valence-electron chi connectivity index (χ4n) is 1.90. The fourth-order valence-corrected chi connectivity index (χ4v) is 2.52. The molecule has 0 saturated carbocycles. The lowest BCUT2D eigenvalue weighted by molar-refractivity contribution is 0.0942. The van der Waals surface area contributed by atoms with Crippen molar-refractivity contribution in [3.63, 3.8) is 0 Å². The second-order valence-corrected chi connectivity index (χ2v) is 5.11. The number of aromatic nitrogens is 3. The van der Waals surface area contributed by atoms with Crippen LogP contribution in [0.25, 0.3) is 5.65 Å². The Morgan fingerprint density at radius 2 is 2.21 bits per heavy atom. The normalized spacial score (nSPS) is 12.5. The van der Waals surface area contributed by atoms with Crippen LogP contribution in [0.15, 0.2) is 41.9 Å². The number of nitrogens with one attached hydrogen (secondary N) is 1. The van der Waals surface area contributed by atoms with E-state index in [0.717, 1.165) is 11.5 Å². The van der Waals surface area contributed by atoms with Gasteiger partial charge in [0.15, 0.2) is 11.5 Å². The SMILES string of the molecule is CC(NC(=O)c1cccs1)c1nnc2ccccn12. The molecule has 0 aliphatic rings. The summed E-state index contributed by atoms with van der Waals surface area (Å²) < 4.78 is 1.87. The van der Waals surface area contributed by atoms with Crippen molar-refractivity contribution in [2.45, 2.75) is 13.0 Å². The van der Waals surface area contributed by atoms with Crippen molar-refractivity contribution in [1.82, 2.24) is 19.9 Å². The van der Waals surface area contributed by atoms with Crippen LogP contribution in [-0.4, -0.2) is 20.5 Å². The van der Waals surface area contributed by atoms with E-state index in [-0.39, 0.29) is 11.9 Å². The highest BCUT2D eigenvalue weighted by molar-refractivity contribution is 7.12. The van der Waals surface area contributed by atoms with Crippen LogP contribution in [0.2, 0.25) is 0 Å². The predicted molar refractivity (Wildman–Crippen MR) is 73.2 cm³/mol. The molecule has 1 unspecified atom stereocenters. The van der Waals surface area contributed by atoms with E-state index < -0.39 is 0 Å². The van der Waals surface area contributed by atoms with Crippen LogP contribution >= 0.6 is 11.3 Å². The molecule has 0 aromatic carbocycles. The Hall–Kier alpha value is -2.21. The first-order chi connectivity index (χ1) is 9.25. The van der Waals surface area contributed by atoms with E-state index in [0.29, 0.717) is 4.88 Å². The molecule has 6 heteroatoms. The number of pyridine rings is 1. The number of nitrogens with zero attached hydrogens (tertiary/aromatic N) is 3. The van der Waals surface area contributed by atoms with Gasteiger partial charge in [0.1, 0.15) is 0 Å². The quantitative estimate of drug-likeness (QED) is 0.795. The molecule has 1 N–H and O–H groups in total. The summed E-state index contributed by atoms with van der Waals surface area (Å²) >= 11 is 1.42. The second-order valence-electron chi connectivity index (χ2n) is 4.16. The second kappa shape index (κ2) is 4.81. The van der Waals surface area contributed by atoms with E-state index in [2.05, 4.69) is 15.5 Å². The van der Waals surface area contributed by atoms with Crippen molar-refractivity contribution in [2.75, 3.05) is 0 Å². The first-order valence-corrected chi connectivity index (χ1v) is 6.77. The molecular weight excluding hydrogens is 260 g/mol. The Morgan fingerprint density at radius 1 is 1.32 bits per heavy atom. The van der Waals surface area contributed by atoms with Gasteiger partial charge in [0.25, 0.3) is 5.91 Å². The Morgan fingerprint density at radius 3 is 3.00 bits per heavy atom. The van der Waals surface area contributed by atoms with E-state index >= 15 is 0 Å². The summed E-state index contributed by atoms with van der Waals surface area (Å²) in [6, 6.07) is 9.15. The molecule has 3 rings (SSSR count). The number of fused-ring (bicyclic) bond motifs is 1. The molecule has 3 aromatic rings. The van der Waals surface area contributed by atoms with Gasteiger partial charge >= 0.3 is 0 Å². The van der Waals surface area contributed by atoms with E-state index in [4.69, 9.17) is 0 Å². The largest absolute Gasteiger partial charge is 0.342 e. The van der Waals surface area contributed by atoms with Crippen LogP contribution < -0.4 is 5.32 Å². The first kappa shape index (κ1) is 11.9. The maximum absolute atomic E-state index is 12.0. The molecule has 1 amide bonds. The molecule has 0 saturated heterocycles. The highest BCUT2D eigenvalue weighted by Crippen LogP contribution is 2.14. The van der Waals surface area contributed by atoms with Crippen molar-refractivity contribution in [3.05, 3.63) is 52.6 Å². The number of rotatable bonds is 3. The van der Waals surface area contributed by atoms with Gasteiger partial charge in [-0.3, -0.25) is 9.20 Å². The van der Waals surface area contributed by atoms with Crippen LogP contribution in [0.5, 0.6) is 0 Å². The average Bonchev–Trinajstić information content (AvgIpc) is 3.08. The van der Waals surface area contributed by atoms with Gasteiger partial charge in [0, 0.05) is 6.20 Å². The Kier molecular flexibility index (Phi) is 3.00. The number of hydrogen-bond donors (Lipinski definition) is 1. The Labute approximate surface area is 113 Å². The minimum Gasteiger partial charge on any atom is -0.342 e. The molecule has 0 spiro atoms. The highest BCUT2D eigenvalue weighted by atomic mass is 32.1. The van der Waals surface area contributed by atoms with Crippen LogP contribution in [0.3, 0.4) is 0 Å². The number of amides is 1. The lowest BCUT2D eigenvalue weighted by Gasteiger charge is -2.11.